The van der Waals surface area contributed by atoms with E-state index in [0.717, 1.165) is 64.2 Å². The van der Waals surface area contributed by atoms with Gasteiger partial charge in [0.25, 0.3) is 5.56 Å². The number of quaternary nitrogens is 1. The molecule has 6 heteroatoms. The van der Waals surface area contributed by atoms with Crippen molar-refractivity contribution in [1.29, 1.82) is 0 Å². The SMILES string of the molecule is O=c1c2ccccc2ncn1CCC[NH+]1CCC2(CC1)OCCO2. The van der Waals surface area contributed by atoms with E-state index in [2.05, 4.69) is 4.98 Å². The third-order valence-electron chi connectivity index (χ3n) is 5.19. The molecule has 1 aromatic carbocycles. The number of hydrogen-bond donors (Lipinski definition) is 1. The lowest BCUT2D eigenvalue weighted by atomic mass is 10.0. The van der Waals surface area contributed by atoms with Gasteiger partial charge < -0.3 is 14.4 Å². The van der Waals surface area contributed by atoms with Gasteiger partial charge in [0.05, 0.1) is 62.9 Å². The van der Waals surface area contributed by atoms with Gasteiger partial charge in [0.2, 0.25) is 0 Å². The van der Waals surface area contributed by atoms with Crippen LogP contribution in [0.2, 0.25) is 0 Å². The maximum atomic E-state index is 12.5. The van der Waals surface area contributed by atoms with Crippen molar-refractivity contribution in [3.8, 4) is 0 Å². The largest absolute Gasteiger partial charge is 0.347 e. The van der Waals surface area contributed by atoms with E-state index >= 15 is 0 Å². The summed E-state index contributed by atoms with van der Waals surface area (Å²) in [6.07, 6.45) is 4.59. The summed E-state index contributed by atoms with van der Waals surface area (Å²) in [5.41, 5.74) is 0.822. The average molecular weight is 330 g/mol. The highest BCUT2D eigenvalue weighted by molar-refractivity contribution is 5.76. The van der Waals surface area contributed by atoms with E-state index in [1.54, 1.807) is 15.8 Å². The Morgan fingerprint density at radius 2 is 1.92 bits per heavy atom. The minimum atomic E-state index is -0.289. The van der Waals surface area contributed by atoms with Crippen molar-refractivity contribution in [3.05, 3.63) is 40.9 Å². The van der Waals surface area contributed by atoms with Crippen LogP contribution in [0.4, 0.5) is 0 Å². The van der Waals surface area contributed by atoms with E-state index in [1.807, 2.05) is 24.3 Å². The molecule has 3 heterocycles. The topological polar surface area (TPSA) is 57.8 Å². The zero-order valence-electron chi connectivity index (χ0n) is 13.9. The van der Waals surface area contributed by atoms with Gasteiger partial charge in [0, 0.05) is 13.0 Å². The van der Waals surface area contributed by atoms with Crippen molar-refractivity contribution in [2.45, 2.75) is 31.6 Å². The van der Waals surface area contributed by atoms with Crippen LogP contribution in [0.3, 0.4) is 0 Å². The Labute approximate surface area is 141 Å². The number of likely N-dealkylation sites (tertiary alicyclic amines) is 1. The molecule has 2 saturated heterocycles. The quantitative estimate of drug-likeness (QED) is 0.871. The highest BCUT2D eigenvalue weighted by Crippen LogP contribution is 2.27. The summed E-state index contributed by atoms with van der Waals surface area (Å²) in [6.45, 7) is 5.39. The summed E-state index contributed by atoms with van der Waals surface area (Å²) in [7, 11) is 0. The molecular formula is C18H24N3O3+. The second-order valence-electron chi connectivity index (χ2n) is 6.72. The highest BCUT2D eigenvalue weighted by Gasteiger charge is 2.41. The summed E-state index contributed by atoms with van der Waals surface area (Å²) in [6, 6.07) is 7.51. The van der Waals surface area contributed by atoms with Gasteiger partial charge >= 0.3 is 0 Å². The lowest BCUT2D eigenvalue weighted by molar-refractivity contribution is -0.909. The number of aromatic nitrogens is 2. The van der Waals surface area contributed by atoms with Crippen molar-refractivity contribution >= 4 is 10.9 Å². The van der Waals surface area contributed by atoms with Crippen molar-refractivity contribution in [2.24, 2.45) is 0 Å². The zero-order valence-corrected chi connectivity index (χ0v) is 13.9. The van der Waals surface area contributed by atoms with Gasteiger partial charge in [-0.3, -0.25) is 9.36 Å². The first-order valence-electron chi connectivity index (χ1n) is 8.81. The smallest absolute Gasteiger partial charge is 0.261 e. The molecule has 0 atom stereocenters. The van der Waals surface area contributed by atoms with Crippen LogP contribution in [0.5, 0.6) is 0 Å². The molecule has 0 aliphatic carbocycles. The first-order valence-corrected chi connectivity index (χ1v) is 8.81. The molecule has 1 aromatic heterocycles. The van der Waals surface area contributed by atoms with E-state index in [9.17, 15) is 4.79 Å². The molecular weight excluding hydrogens is 306 g/mol. The Hall–Kier alpha value is -1.76. The number of nitrogens with one attached hydrogen (secondary N) is 1. The van der Waals surface area contributed by atoms with Crippen LogP contribution in [-0.2, 0) is 16.0 Å². The number of aryl methyl sites for hydroxylation is 1. The second kappa shape index (κ2) is 6.63. The minimum absolute atomic E-state index is 0.0564. The van der Waals surface area contributed by atoms with Crippen molar-refractivity contribution in [1.82, 2.24) is 9.55 Å². The molecule has 0 saturated carbocycles. The third-order valence-corrected chi connectivity index (χ3v) is 5.19. The first kappa shape index (κ1) is 15.7. The molecule has 0 unspecified atom stereocenters. The molecule has 0 radical (unpaired) electrons. The van der Waals surface area contributed by atoms with E-state index in [-0.39, 0.29) is 11.3 Å². The molecule has 1 N–H and O–H groups in total. The summed E-state index contributed by atoms with van der Waals surface area (Å²) >= 11 is 0. The molecule has 0 amide bonds. The number of fused-ring (bicyclic) bond motifs is 1. The van der Waals surface area contributed by atoms with Gasteiger partial charge in [0.1, 0.15) is 0 Å². The van der Waals surface area contributed by atoms with Gasteiger partial charge in [-0.1, -0.05) is 12.1 Å². The van der Waals surface area contributed by atoms with Crippen LogP contribution >= 0.6 is 0 Å². The number of nitrogens with zero attached hydrogens (tertiary/aromatic N) is 2. The second-order valence-corrected chi connectivity index (χ2v) is 6.72. The third kappa shape index (κ3) is 3.09. The Morgan fingerprint density at radius 3 is 2.71 bits per heavy atom. The van der Waals surface area contributed by atoms with Gasteiger partial charge in [-0.25, -0.2) is 4.98 Å². The van der Waals surface area contributed by atoms with Gasteiger partial charge in [-0.05, 0) is 12.1 Å². The highest BCUT2D eigenvalue weighted by atomic mass is 16.7. The standard InChI is InChI=1S/C18H23N3O3/c22-17-15-4-1-2-5-16(15)19-14-21(17)9-3-8-20-10-6-18(7-11-20)23-12-13-24-18/h1-2,4-5,14H,3,6-13H2/p+1. The summed E-state index contributed by atoms with van der Waals surface area (Å²) < 4.78 is 13.3. The molecule has 2 aliphatic rings. The Bertz CT molecular complexity index is 757. The molecule has 1 spiro atoms. The van der Waals surface area contributed by atoms with Crippen LogP contribution in [-0.4, -0.2) is 48.2 Å². The molecule has 2 fully saturated rings. The molecule has 2 aliphatic heterocycles. The summed E-state index contributed by atoms with van der Waals surface area (Å²) in [4.78, 5) is 18.4. The van der Waals surface area contributed by atoms with Crippen LogP contribution in [0, 0.1) is 0 Å². The van der Waals surface area contributed by atoms with E-state index < -0.39 is 0 Å². The normalized spacial score (nSPS) is 20.8. The molecule has 0 bridgehead atoms. The van der Waals surface area contributed by atoms with Gasteiger partial charge in [0.15, 0.2) is 5.79 Å². The predicted octanol–water partition coefficient (Wildman–Crippen LogP) is 0.208. The van der Waals surface area contributed by atoms with E-state index in [0.29, 0.717) is 5.39 Å². The van der Waals surface area contributed by atoms with Crippen molar-refractivity contribution < 1.29 is 14.4 Å². The number of para-hydroxylation sites is 1. The van der Waals surface area contributed by atoms with Crippen molar-refractivity contribution in [3.63, 3.8) is 0 Å². The number of rotatable bonds is 4. The average Bonchev–Trinajstić information content (AvgIpc) is 3.07. The number of benzene rings is 1. The van der Waals surface area contributed by atoms with Gasteiger partial charge in [-0.2, -0.15) is 0 Å². The van der Waals surface area contributed by atoms with Crippen LogP contribution in [0.15, 0.2) is 35.4 Å². The minimum Gasteiger partial charge on any atom is -0.347 e. The monoisotopic (exact) mass is 330 g/mol. The maximum absolute atomic E-state index is 12.5. The predicted molar refractivity (Wildman–Crippen MR) is 90.1 cm³/mol. The van der Waals surface area contributed by atoms with Crippen LogP contribution < -0.4 is 10.5 Å². The zero-order chi connectivity index (χ0) is 16.4. The molecule has 128 valence electrons. The van der Waals surface area contributed by atoms with Crippen molar-refractivity contribution in [2.75, 3.05) is 32.8 Å². The Morgan fingerprint density at radius 1 is 1.17 bits per heavy atom. The fraction of sp³-hybridized carbons (Fsp3) is 0.556. The fourth-order valence-corrected chi connectivity index (χ4v) is 3.78. The van der Waals surface area contributed by atoms with Crippen LogP contribution in [0.1, 0.15) is 19.3 Å². The Kier molecular flexibility index (Phi) is 4.35. The lowest BCUT2D eigenvalue weighted by Gasteiger charge is -2.35. The Balaban J connectivity index is 1.32. The lowest BCUT2D eigenvalue weighted by Crippen LogP contribution is -3.13. The molecule has 6 nitrogen and oxygen atoms in total. The molecule has 4 rings (SSSR count). The fourth-order valence-electron chi connectivity index (χ4n) is 3.78. The number of piperidine rings is 1. The maximum Gasteiger partial charge on any atom is 0.261 e. The van der Waals surface area contributed by atoms with Gasteiger partial charge in [-0.15, -0.1) is 0 Å². The number of hydrogen-bond acceptors (Lipinski definition) is 4. The van der Waals surface area contributed by atoms with E-state index in [1.165, 1.54) is 0 Å². The summed E-state index contributed by atoms with van der Waals surface area (Å²) in [5, 5.41) is 0.697. The molecule has 24 heavy (non-hydrogen) atoms. The summed E-state index contributed by atoms with van der Waals surface area (Å²) in [5.74, 6) is -0.289. The number of ether oxygens (including phenoxy) is 2. The first-order chi connectivity index (χ1) is 11.8. The van der Waals surface area contributed by atoms with Crippen LogP contribution in [0.25, 0.3) is 10.9 Å². The molecule has 2 aromatic rings. The van der Waals surface area contributed by atoms with E-state index in [4.69, 9.17) is 9.47 Å².